The van der Waals surface area contributed by atoms with E-state index in [4.69, 9.17) is 0 Å². The molecule has 0 aliphatic carbocycles. The van der Waals surface area contributed by atoms with Crippen LogP contribution in [0, 0.1) is 0 Å². The molecule has 0 aliphatic rings. The van der Waals surface area contributed by atoms with Crippen molar-refractivity contribution in [3.05, 3.63) is 54.6 Å². The molecule has 2 heteroatoms. The van der Waals surface area contributed by atoms with E-state index < -0.39 is 0 Å². The van der Waals surface area contributed by atoms with Crippen LogP contribution >= 0.6 is 0 Å². The Kier molecular flexibility index (Phi) is 10.3. The summed E-state index contributed by atoms with van der Waals surface area (Å²) in [6.45, 7) is 6.20. The summed E-state index contributed by atoms with van der Waals surface area (Å²) < 4.78 is 0. The molecule has 22 heavy (non-hydrogen) atoms. The first-order valence-corrected chi connectivity index (χ1v) is 8.51. The van der Waals surface area contributed by atoms with Crippen molar-refractivity contribution in [2.24, 2.45) is 0 Å². The number of aliphatic hydroxyl groups excluding tert-OH is 1. The van der Waals surface area contributed by atoms with Crippen molar-refractivity contribution in [2.75, 3.05) is 6.61 Å². The van der Waals surface area contributed by atoms with Crippen molar-refractivity contribution < 1.29 is 5.11 Å². The fraction of sp³-hybridized carbons (Fsp3) is 0.500. The monoisotopic (exact) mass is 301 g/mol. The maximum Gasteiger partial charge on any atom is 0.0620 e. The van der Waals surface area contributed by atoms with Crippen molar-refractivity contribution in [2.45, 2.75) is 57.5 Å². The van der Waals surface area contributed by atoms with E-state index in [-0.39, 0.29) is 12.6 Å². The molecule has 0 saturated carbocycles. The number of benzene rings is 1. The van der Waals surface area contributed by atoms with Gasteiger partial charge in [-0.1, -0.05) is 81.2 Å². The minimum atomic E-state index is -0.00340. The van der Waals surface area contributed by atoms with Crippen LogP contribution in [0.5, 0.6) is 0 Å². The second-order valence-electron chi connectivity index (χ2n) is 5.80. The number of unbranched alkanes of at least 4 members (excludes halogenated alkanes) is 3. The lowest BCUT2D eigenvalue weighted by molar-refractivity contribution is 0.251. The van der Waals surface area contributed by atoms with Crippen molar-refractivity contribution in [1.82, 2.24) is 5.32 Å². The van der Waals surface area contributed by atoms with E-state index in [1.165, 1.54) is 25.7 Å². The van der Waals surface area contributed by atoms with E-state index in [1.807, 2.05) is 24.3 Å². The van der Waals surface area contributed by atoms with Crippen LogP contribution in [0.1, 0.15) is 51.0 Å². The van der Waals surface area contributed by atoms with Crippen LogP contribution < -0.4 is 5.32 Å². The highest BCUT2D eigenvalue weighted by Gasteiger charge is 2.11. The first kappa shape index (κ1) is 18.7. The van der Waals surface area contributed by atoms with E-state index in [9.17, 15) is 5.11 Å². The van der Waals surface area contributed by atoms with E-state index in [0.29, 0.717) is 6.04 Å². The molecule has 0 spiro atoms. The Morgan fingerprint density at radius 3 is 2.59 bits per heavy atom. The van der Waals surface area contributed by atoms with Gasteiger partial charge in [-0.2, -0.15) is 0 Å². The third-order valence-electron chi connectivity index (χ3n) is 3.82. The highest BCUT2D eigenvalue weighted by molar-refractivity contribution is 5.49. The van der Waals surface area contributed by atoms with Gasteiger partial charge in [-0.25, -0.2) is 0 Å². The van der Waals surface area contributed by atoms with Gasteiger partial charge in [0.2, 0.25) is 0 Å². The molecule has 1 aromatic carbocycles. The van der Waals surface area contributed by atoms with E-state index in [2.05, 4.69) is 43.1 Å². The van der Waals surface area contributed by atoms with Gasteiger partial charge >= 0.3 is 0 Å². The van der Waals surface area contributed by atoms with Crippen LogP contribution in [0.2, 0.25) is 0 Å². The Labute approximate surface area is 136 Å². The SMILES string of the molecule is C=CC[C@@H](CCCCCC)N[C@H](/C=C/c1ccccc1)CO. The molecule has 2 nitrogen and oxygen atoms in total. The van der Waals surface area contributed by atoms with Crippen LogP contribution in [0.25, 0.3) is 6.08 Å². The molecule has 0 fully saturated rings. The van der Waals surface area contributed by atoms with Gasteiger partial charge in [-0.15, -0.1) is 6.58 Å². The van der Waals surface area contributed by atoms with Gasteiger partial charge < -0.3 is 10.4 Å². The molecule has 0 heterocycles. The summed E-state index contributed by atoms with van der Waals surface area (Å²) in [5, 5.41) is 13.1. The zero-order valence-corrected chi connectivity index (χ0v) is 13.9. The number of hydrogen-bond donors (Lipinski definition) is 2. The molecule has 0 unspecified atom stereocenters. The largest absolute Gasteiger partial charge is 0.394 e. The molecule has 0 bridgehead atoms. The van der Waals surface area contributed by atoms with Crippen LogP contribution in [0.4, 0.5) is 0 Å². The van der Waals surface area contributed by atoms with Crippen molar-refractivity contribution in [3.8, 4) is 0 Å². The topological polar surface area (TPSA) is 32.3 Å². The number of aliphatic hydroxyl groups is 1. The zero-order valence-electron chi connectivity index (χ0n) is 13.9. The van der Waals surface area contributed by atoms with Gasteiger partial charge in [0.25, 0.3) is 0 Å². The maximum absolute atomic E-state index is 9.59. The molecule has 0 radical (unpaired) electrons. The first-order chi connectivity index (χ1) is 10.8. The Morgan fingerprint density at radius 2 is 1.95 bits per heavy atom. The van der Waals surface area contributed by atoms with Crippen LogP contribution in [-0.4, -0.2) is 23.8 Å². The predicted molar refractivity (Wildman–Crippen MR) is 96.8 cm³/mol. The smallest absolute Gasteiger partial charge is 0.0620 e. The van der Waals surface area contributed by atoms with Gasteiger partial charge in [0.1, 0.15) is 0 Å². The summed E-state index contributed by atoms with van der Waals surface area (Å²) in [4.78, 5) is 0. The second-order valence-corrected chi connectivity index (χ2v) is 5.80. The molecular formula is C20H31NO. The highest BCUT2D eigenvalue weighted by Crippen LogP contribution is 2.10. The molecular weight excluding hydrogens is 270 g/mol. The van der Waals surface area contributed by atoms with Gasteiger partial charge in [-0.05, 0) is 18.4 Å². The Bertz CT molecular complexity index is 413. The minimum Gasteiger partial charge on any atom is -0.394 e. The van der Waals surface area contributed by atoms with E-state index >= 15 is 0 Å². The summed E-state index contributed by atoms with van der Waals surface area (Å²) in [5.74, 6) is 0. The zero-order chi connectivity index (χ0) is 16.0. The maximum atomic E-state index is 9.59. The summed E-state index contributed by atoms with van der Waals surface area (Å²) >= 11 is 0. The fourth-order valence-corrected chi connectivity index (χ4v) is 2.55. The molecule has 1 aromatic rings. The second kappa shape index (κ2) is 12.2. The van der Waals surface area contributed by atoms with Crippen LogP contribution in [0.3, 0.4) is 0 Å². The lowest BCUT2D eigenvalue weighted by atomic mass is 10.0. The lowest BCUT2D eigenvalue weighted by Gasteiger charge is -2.22. The summed E-state index contributed by atoms with van der Waals surface area (Å²) in [7, 11) is 0. The molecule has 0 amide bonds. The van der Waals surface area contributed by atoms with Crippen molar-refractivity contribution in [1.29, 1.82) is 0 Å². The molecule has 0 aliphatic heterocycles. The third-order valence-corrected chi connectivity index (χ3v) is 3.82. The number of nitrogens with one attached hydrogen (secondary N) is 1. The fourth-order valence-electron chi connectivity index (χ4n) is 2.55. The summed E-state index contributed by atoms with van der Waals surface area (Å²) in [6.07, 6.45) is 13.3. The highest BCUT2D eigenvalue weighted by atomic mass is 16.3. The average molecular weight is 301 g/mol. The average Bonchev–Trinajstić information content (AvgIpc) is 2.56. The van der Waals surface area contributed by atoms with Gasteiger partial charge in [0.15, 0.2) is 0 Å². The molecule has 1 rings (SSSR count). The Morgan fingerprint density at radius 1 is 1.18 bits per heavy atom. The minimum absolute atomic E-state index is 0.00340. The molecule has 122 valence electrons. The lowest BCUT2D eigenvalue weighted by Crippen LogP contribution is -2.39. The molecule has 0 saturated heterocycles. The molecule has 0 aromatic heterocycles. The summed E-state index contributed by atoms with van der Waals surface area (Å²) in [5.41, 5.74) is 1.16. The Hall–Kier alpha value is -1.38. The first-order valence-electron chi connectivity index (χ1n) is 8.51. The standard InChI is InChI=1S/C20H31NO/c1-3-5-6-10-14-19(11-4-2)21-20(17-22)16-15-18-12-8-7-9-13-18/h4,7-9,12-13,15-16,19-22H,2-3,5-6,10-11,14,17H2,1H3/b16-15+/t19-,20+/m0/s1. The number of hydrogen-bond acceptors (Lipinski definition) is 2. The van der Waals surface area contributed by atoms with E-state index in [1.54, 1.807) is 0 Å². The van der Waals surface area contributed by atoms with Crippen molar-refractivity contribution >= 4 is 6.08 Å². The van der Waals surface area contributed by atoms with Crippen molar-refractivity contribution in [3.63, 3.8) is 0 Å². The predicted octanol–water partition coefficient (Wildman–Crippen LogP) is 4.57. The normalized spacial score (nSPS) is 14.1. The number of rotatable bonds is 12. The van der Waals surface area contributed by atoms with Gasteiger partial charge in [0, 0.05) is 12.1 Å². The van der Waals surface area contributed by atoms with Gasteiger partial charge in [0.05, 0.1) is 6.61 Å². The van der Waals surface area contributed by atoms with Crippen LogP contribution in [-0.2, 0) is 0 Å². The quantitative estimate of drug-likeness (QED) is 0.438. The van der Waals surface area contributed by atoms with Crippen LogP contribution in [0.15, 0.2) is 49.1 Å². The third kappa shape index (κ3) is 8.16. The van der Waals surface area contributed by atoms with E-state index in [0.717, 1.165) is 18.4 Å². The Balaban J connectivity index is 2.48. The molecule has 2 atom stereocenters. The summed E-state index contributed by atoms with van der Waals surface area (Å²) in [6, 6.07) is 10.6. The molecule has 2 N–H and O–H groups in total. The van der Waals surface area contributed by atoms with Gasteiger partial charge in [-0.3, -0.25) is 0 Å².